The molecule has 202 valence electrons. The molecule has 0 amide bonds. The van der Waals surface area contributed by atoms with Gasteiger partial charge in [-0.2, -0.15) is 0 Å². The predicted molar refractivity (Wildman–Crippen MR) is 129 cm³/mol. The standard InChI is InChI=1S/C28H42O8/c1-6-33-24(31)23-9-8-21-20-11-14-27(36-18(4)30)16-19(35-17(3)29)10-15-28(27,25(32)34-7-2)22(20)12-13-26(21,23)5/h19-23H,6-16H2,1-5H3/t19-,20+,21-,22-,23+,26+,27+,28-/m1/s1. The third-order valence-corrected chi connectivity index (χ3v) is 10.1. The van der Waals surface area contributed by atoms with Crippen molar-refractivity contribution in [3.63, 3.8) is 0 Å². The zero-order valence-electron chi connectivity index (χ0n) is 22.4. The maximum absolute atomic E-state index is 14.0. The van der Waals surface area contributed by atoms with Crippen molar-refractivity contribution in [3.8, 4) is 0 Å². The van der Waals surface area contributed by atoms with Crippen molar-refractivity contribution >= 4 is 23.9 Å². The molecule has 0 spiro atoms. The summed E-state index contributed by atoms with van der Waals surface area (Å²) in [7, 11) is 0. The number of ether oxygens (including phenoxy) is 4. The molecule has 0 aromatic rings. The van der Waals surface area contributed by atoms with E-state index in [1.807, 2.05) is 6.92 Å². The molecule has 0 aliphatic heterocycles. The van der Waals surface area contributed by atoms with Gasteiger partial charge in [-0.1, -0.05) is 6.92 Å². The summed E-state index contributed by atoms with van der Waals surface area (Å²) in [5, 5.41) is 0. The summed E-state index contributed by atoms with van der Waals surface area (Å²) in [6, 6.07) is 0. The van der Waals surface area contributed by atoms with Gasteiger partial charge in [0, 0.05) is 20.3 Å². The van der Waals surface area contributed by atoms with Crippen LogP contribution in [0.2, 0.25) is 0 Å². The van der Waals surface area contributed by atoms with Crippen molar-refractivity contribution in [2.75, 3.05) is 13.2 Å². The maximum Gasteiger partial charge on any atom is 0.316 e. The lowest BCUT2D eigenvalue weighted by molar-refractivity contribution is -0.249. The molecule has 0 unspecified atom stereocenters. The Morgan fingerprint density at radius 1 is 0.806 bits per heavy atom. The summed E-state index contributed by atoms with van der Waals surface area (Å²) in [6.07, 6.45) is 5.48. The second kappa shape index (κ2) is 9.97. The third-order valence-electron chi connectivity index (χ3n) is 10.1. The van der Waals surface area contributed by atoms with Crippen molar-refractivity contribution in [3.05, 3.63) is 0 Å². The van der Waals surface area contributed by atoms with Gasteiger partial charge in [-0.3, -0.25) is 19.2 Å². The number of hydrogen-bond donors (Lipinski definition) is 0. The van der Waals surface area contributed by atoms with Gasteiger partial charge in [-0.15, -0.1) is 0 Å². The molecule has 4 aliphatic carbocycles. The Labute approximate surface area is 214 Å². The summed E-state index contributed by atoms with van der Waals surface area (Å²) in [5.74, 6) is -0.850. The van der Waals surface area contributed by atoms with Crippen molar-refractivity contribution in [2.24, 2.45) is 34.5 Å². The summed E-state index contributed by atoms with van der Waals surface area (Å²) in [4.78, 5) is 51.0. The topological polar surface area (TPSA) is 105 Å². The highest BCUT2D eigenvalue weighted by atomic mass is 16.6. The van der Waals surface area contributed by atoms with Gasteiger partial charge in [0.25, 0.3) is 0 Å². The molecule has 0 aromatic heterocycles. The van der Waals surface area contributed by atoms with E-state index in [0.717, 1.165) is 32.1 Å². The van der Waals surface area contributed by atoms with Gasteiger partial charge in [-0.25, -0.2) is 0 Å². The minimum absolute atomic E-state index is 0.0260. The number of carbonyl (C=O) groups excluding carboxylic acids is 4. The largest absolute Gasteiger partial charge is 0.466 e. The van der Waals surface area contributed by atoms with Gasteiger partial charge < -0.3 is 18.9 Å². The zero-order chi connectivity index (χ0) is 26.3. The second-order valence-electron chi connectivity index (χ2n) is 11.6. The van der Waals surface area contributed by atoms with Crippen LogP contribution in [-0.2, 0) is 38.1 Å². The van der Waals surface area contributed by atoms with Crippen LogP contribution in [-0.4, -0.2) is 48.8 Å². The molecule has 8 nitrogen and oxygen atoms in total. The number of esters is 4. The lowest BCUT2D eigenvalue weighted by Gasteiger charge is -2.63. The summed E-state index contributed by atoms with van der Waals surface area (Å²) in [5.41, 5.74) is -2.23. The fraction of sp³-hybridized carbons (Fsp3) is 0.857. The molecule has 0 radical (unpaired) electrons. The van der Waals surface area contributed by atoms with Crippen LogP contribution in [0.3, 0.4) is 0 Å². The Morgan fingerprint density at radius 3 is 2.17 bits per heavy atom. The van der Waals surface area contributed by atoms with Gasteiger partial charge in [0.2, 0.25) is 0 Å². The predicted octanol–water partition coefficient (Wildman–Crippen LogP) is 4.37. The first-order valence-corrected chi connectivity index (χ1v) is 13.7. The molecule has 0 bridgehead atoms. The van der Waals surface area contributed by atoms with Crippen molar-refractivity contribution < 1.29 is 38.1 Å². The lowest BCUT2D eigenvalue weighted by atomic mass is 9.42. The first-order valence-electron chi connectivity index (χ1n) is 13.7. The minimum atomic E-state index is -1.07. The smallest absolute Gasteiger partial charge is 0.316 e. The number of carbonyl (C=O) groups is 4. The fourth-order valence-electron chi connectivity index (χ4n) is 8.94. The number of hydrogen-bond acceptors (Lipinski definition) is 8. The Kier molecular flexibility index (Phi) is 7.46. The first-order chi connectivity index (χ1) is 17.0. The molecule has 36 heavy (non-hydrogen) atoms. The van der Waals surface area contributed by atoms with Crippen LogP contribution in [0.1, 0.15) is 92.4 Å². The molecule has 4 rings (SSSR count). The van der Waals surface area contributed by atoms with Crippen LogP contribution in [0.5, 0.6) is 0 Å². The van der Waals surface area contributed by atoms with E-state index in [4.69, 9.17) is 18.9 Å². The monoisotopic (exact) mass is 506 g/mol. The Balaban J connectivity index is 1.74. The molecule has 8 heteroatoms. The van der Waals surface area contributed by atoms with Gasteiger partial charge in [0.05, 0.1) is 19.1 Å². The van der Waals surface area contributed by atoms with Gasteiger partial charge in [-0.05, 0) is 88.4 Å². The van der Waals surface area contributed by atoms with Crippen molar-refractivity contribution in [2.45, 2.75) is 104 Å². The molecule has 0 aromatic carbocycles. The van der Waals surface area contributed by atoms with Gasteiger partial charge in [0.15, 0.2) is 0 Å². The molecule has 0 saturated heterocycles. The van der Waals surface area contributed by atoms with Crippen LogP contribution in [0.4, 0.5) is 0 Å². The highest BCUT2D eigenvalue weighted by Gasteiger charge is 2.72. The third kappa shape index (κ3) is 4.12. The molecular formula is C28H42O8. The van der Waals surface area contributed by atoms with Crippen molar-refractivity contribution in [1.29, 1.82) is 0 Å². The minimum Gasteiger partial charge on any atom is -0.466 e. The molecule has 8 atom stereocenters. The highest BCUT2D eigenvalue weighted by molar-refractivity contribution is 5.81. The van der Waals surface area contributed by atoms with Crippen molar-refractivity contribution in [1.82, 2.24) is 0 Å². The van der Waals surface area contributed by atoms with Crippen LogP contribution in [0.25, 0.3) is 0 Å². The SMILES string of the molecule is CCOC(=O)[C@@H]1CC[C@@H]2[C@@H]3CC[C@]4(OC(C)=O)C[C@H](OC(C)=O)CC[C@]4(C(=O)OCC)[C@@H]3CC[C@@]21C. The van der Waals surface area contributed by atoms with Gasteiger partial charge in [0.1, 0.15) is 17.1 Å². The molecule has 4 fully saturated rings. The molecule has 4 aliphatic rings. The second-order valence-corrected chi connectivity index (χ2v) is 11.6. The molecule has 0 heterocycles. The van der Waals surface area contributed by atoms with Gasteiger partial charge >= 0.3 is 23.9 Å². The van der Waals surface area contributed by atoms with E-state index in [-0.39, 0.29) is 47.7 Å². The summed E-state index contributed by atoms with van der Waals surface area (Å²) >= 11 is 0. The average Bonchev–Trinajstić information content (AvgIpc) is 3.15. The van der Waals surface area contributed by atoms with E-state index in [0.29, 0.717) is 38.2 Å². The number of fused-ring (bicyclic) bond motifs is 5. The summed E-state index contributed by atoms with van der Waals surface area (Å²) in [6.45, 7) is 9.25. The quantitative estimate of drug-likeness (QED) is 0.386. The highest BCUT2D eigenvalue weighted by Crippen LogP contribution is 2.69. The van der Waals surface area contributed by atoms with Crippen LogP contribution >= 0.6 is 0 Å². The fourth-order valence-corrected chi connectivity index (χ4v) is 8.94. The molecular weight excluding hydrogens is 464 g/mol. The van der Waals surface area contributed by atoms with E-state index in [9.17, 15) is 19.2 Å². The first kappa shape index (κ1) is 26.9. The normalized spacial score (nSPS) is 41.2. The molecule has 0 N–H and O–H groups in total. The van der Waals surface area contributed by atoms with Crippen LogP contribution in [0, 0.1) is 34.5 Å². The van der Waals surface area contributed by atoms with E-state index in [1.165, 1.54) is 13.8 Å². The average molecular weight is 507 g/mol. The Morgan fingerprint density at radius 2 is 1.53 bits per heavy atom. The van der Waals surface area contributed by atoms with E-state index >= 15 is 0 Å². The Hall–Kier alpha value is -2.12. The van der Waals surface area contributed by atoms with E-state index in [2.05, 4.69) is 6.92 Å². The van der Waals surface area contributed by atoms with Crippen LogP contribution in [0.15, 0.2) is 0 Å². The molecule has 4 saturated carbocycles. The number of rotatable bonds is 6. The zero-order valence-corrected chi connectivity index (χ0v) is 22.4. The maximum atomic E-state index is 14.0. The van der Waals surface area contributed by atoms with E-state index < -0.39 is 23.1 Å². The van der Waals surface area contributed by atoms with E-state index in [1.54, 1.807) is 6.92 Å². The lowest BCUT2D eigenvalue weighted by Crippen LogP contribution is -2.69. The summed E-state index contributed by atoms with van der Waals surface area (Å²) < 4.78 is 22.9. The van der Waals surface area contributed by atoms with Crippen LogP contribution < -0.4 is 0 Å². The Bertz CT molecular complexity index is 900.